The number of carbonyl (C=O) groups excluding carboxylic acids is 1. The Hall–Kier alpha value is -2.76. The molecule has 0 spiro atoms. The zero-order chi connectivity index (χ0) is 15.9. The summed E-state index contributed by atoms with van der Waals surface area (Å²) >= 11 is 0. The van der Waals surface area contributed by atoms with Gasteiger partial charge in [-0.05, 0) is 18.2 Å². The molecule has 0 aliphatic heterocycles. The van der Waals surface area contributed by atoms with E-state index in [1.165, 1.54) is 0 Å². The summed E-state index contributed by atoms with van der Waals surface area (Å²) in [5.74, 6) is -4.80. The van der Waals surface area contributed by atoms with Gasteiger partial charge in [0.2, 0.25) is 0 Å². The Labute approximate surface area is 124 Å². The summed E-state index contributed by atoms with van der Waals surface area (Å²) in [4.78, 5) is 12.3. The summed E-state index contributed by atoms with van der Waals surface area (Å²) in [6, 6.07) is 8.42. The minimum Gasteiger partial charge on any atom is -0.351 e. The summed E-state index contributed by atoms with van der Waals surface area (Å²) in [7, 11) is 1.84. The number of nitrogens with one attached hydrogen (secondary N) is 1. The van der Waals surface area contributed by atoms with Crippen LogP contribution in [0.5, 0.6) is 0 Å². The van der Waals surface area contributed by atoms with Crippen LogP contribution in [0.2, 0.25) is 0 Å². The molecule has 6 heteroatoms. The fourth-order valence-corrected chi connectivity index (χ4v) is 2.33. The van der Waals surface area contributed by atoms with Crippen molar-refractivity contribution < 1.29 is 18.0 Å². The van der Waals surface area contributed by atoms with Gasteiger partial charge in [-0.2, -0.15) is 0 Å². The van der Waals surface area contributed by atoms with Gasteiger partial charge in [-0.1, -0.05) is 6.07 Å². The van der Waals surface area contributed by atoms with Gasteiger partial charge in [0.05, 0.1) is 0 Å². The fourth-order valence-electron chi connectivity index (χ4n) is 2.33. The summed E-state index contributed by atoms with van der Waals surface area (Å²) in [5, 5.41) is 3.09. The first kappa shape index (κ1) is 14.2. The van der Waals surface area contributed by atoms with Crippen LogP contribution in [0.3, 0.4) is 0 Å². The van der Waals surface area contributed by atoms with Gasteiger partial charge in [-0.15, -0.1) is 0 Å². The number of anilines is 1. The molecule has 0 saturated heterocycles. The van der Waals surface area contributed by atoms with Gasteiger partial charge in [0.25, 0.3) is 5.91 Å². The van der Waals surface area contributed by atoms with E-state index < -0.39 is 23.4 Å². The average molecular weight is 304 g/mol. The van der Waals surface area contributed by atoms with Gasteiger partial charge in [0, 0.05) is 47.5 Å². The van der Waals surface area contributed by atoms with Crippen molar-refractivity contribution in [2.24, 2.45) is 7.05 Å². The first-order chi connectivity index (χ1) is 10.5. The van der Waals surface area contributed by atoms with E-state index >= 15 is 0 Å². The molecule has 1 heterocycles. The number of fused-ring (bicyclic) bond motifs is 1. The molecular formula is C16H11F3N2O. The Morgan fingerprint density at radius 1 is 1.09 bits per heavy atom. The van der Waals surface area contributed by atoms with Gasteiger partial charge in [-0.3, -0.25) is 4.79 Å². The molecule has 0 bridgehead atoms. The highest BCUT2D eigenvalue weighted by molar-refractivity contribution is 6.12. The van der Waals surface area contributed by atoms with Crippen LogP contribution in [0.15, 0.2) is 42.6 Å². The van der Waals surface area contributed by atoms with Crippen LogP contribution in [0, 0.1) is 17.5 Å². The normalized spacial score (nSPS) is 10.9. The number of carbonyl (C=O) groups is 1. The second-order valence-corrected chi connectivity index (χ2v) is 4.87. The second-order valence-electron chi connectivity index (χ2n) is 4.87. The molecule has 1 N–H and O–H groups in total. The molecule has 3 aromatic rings. The third-order valence-corrected chi connectivity index (χ3v) is 3.41. The van der Waals surface area contributed by atoms with Crippen LogP contribution >= 0.6 is 0 Å². The number of hydrogen-bond donors (Lipinski definition) is 1. The lowest BCUT2D eigenvalue weighted by atomic mass is 10.1. The average Bonchev–Trinajstić information content (AvgIpc) is 2.86. The molecule has 0 unspecified atom stereocenters. The third kappa shape index (κ3) is 2.32. The van der Waals surface area contributed by atoms with E-state index in [4.69, 9.17) is 0 Å². The Morgan fingerprint density at radius 2 is 1.77 bits per heavy atom. The van der Waals surface area contributed by atoms with Crippen LogP contribution in [-0.4, -0.2) is 10.5 Å². The lowest BCUT2D eigenvalue weighted by molar-refractivity contribution is 0.102. The topological polar surface area (TPSA) is 34.0 Å². The van der Waals surface area contributed by atoms with E-state index in [2.05, 4.69) is 5.32 Å². The quantitative estimate of drug-likeness (QED) is 0.717. The molecule has 3 rings (SSSR count). The standard InChI is InChI=1S/C16H11F3N2O/c1-21-6-5-10-11(3-2-4-14(10)21)16(22)20-9-7-12(17)15(19)13(18)8-9/h2-8H,1H3,(H,20,22). The van der Waals surface area contributed by atoms with E-state index in [1.54, 1.807) is 24.4 Å². The predicted molar refractivity (Wildman–Crippen MR) is 77.2 cm³/mol. The van der Waals surface area contributed by atoms with E-state index in [0.717, 1.165) is 17.6 Å². The number of nitrogens with zero attached hydrogens (tertiary/aromatic N) is 1. The van der Waals surface area contributed by atoms with E-state index in [9.17, 15) is 18.0 Å². The van der Waals surface area contributed by atoms with Crippen LogP contribution in [0.4, 0.5) is 18.9 Å². The van der Waals surface area contributed by atoms with Gasteiger partial charge in [0.15, 0.2) is 17.5 Å². The van der Waals surface area contributed by atoms with E-state index in [0.29, 0.717) is 10.9 Å². The number of amides is 1. The maximum Gasteiger partial charge on any atom is 0.256 e. The molecule has 0 atom stereocenters. The maximum atomic E-state index is 13.2. The molecule has 0 saturated carbocycles. The summed E-state index contributed by atoms with van der Waals surface area (Å²) in [6.45, 7) is 0. The molecule has 0 aliphatic rings. The van der Waals surface area contributed by atoms with Crippen molar-refractivity contribution in [1.29, 1.82) is 0 Å². The van der Waals surface area contributed by atoms with Gasteiger partial charge in [-0.25, -0.2) is 13.2 Å². The minimum absolute atomic E-state index is 0.144. The molecule has 22 heavy (non-hydrogen) atoms. The number of aryl methyl sites for hydroxylation is 1. The molecule has 0 aliphatic carbocycles. The van der Waals surface area contributed by atoms with Gasteiger partial charge in [0.1, 0.15) is 0 Å². The van der Waals surface area contributed by atoms with Crippen molar-refractivity contribution in [2.45, 2.75) is 0 Å². The Balaban J connectivity index is 1.97. The van der Waals surface area contributed by atoms with Gasteiger partial charge >= 0.3 is 0 Å². The minimum atomic E-state index is -1.57. The van der Waals surface area contributed by atoms with Crippen LogP contribution < -0.4 is 5.32 Å². The molecule has 2 aromatic carbocycles. The van der Waals surface area contributed by atoms with Crippen molar-refractivity contribution in [3.8, 4) is 0 Å². The highest BCUT2D eigenvalue weighted by Gasteiger charge is 2.15. The van der Waals surface area contributed by atoms with Crippen molar-refractivity contribution >= 4 is 22.5 Å². The predicted octanol–water partition coefficient (Wildman–Crippen LogP) is 3.85. The van der Waals surface area contributed by atoms with E-state index in [-0.39, 0.29) is 5.69 Å². The van der Waals surface area contributed by atoms with Crippen molar-refractivity contribution in [2.75, 3.05) is 5.32 Å². The molecule has 3 nitrogen and oxygen atoms in total. The van der Waals surface area contributed by atoms with Gasteiger partial charge < -0.3 is 9.88 Å². The highest BCUT2D eigenvalue weighted by Crippen LogP contribution is 2.22. The van der Waals surface area contributed by atoms with Crippen molar-refractivity contribution in [3.63, 3.8) is 0 Å². The number of benzene rings is 2. The SMILES string of the molecule is Cn1ccc2c(C(=O)Nc3cc(F)c(F)c(F)c3)cccc21. The molecule has 1 aromatic heterocycles. The first-order valence-electron chi connectivity index (χ1n) is 6.47. The summed E-state index contributed by atoms with van der Waals surface area (Å²) < 4.78 is 41.1. The summed E-state index contributed by atoms with van der Waals surface area (Å²) in [6.07, 6.45) is 1.80. The number of rotatable bonds is 2. The largest absolute Gasteiger partial charge is 0.351 e. The highest BCUT2D eigenvalue weighted by atomic mass is 19.2. The smallest absolute Gasteiger partial charge is 0.256 e. The Morgan fingerprint density at radius 3 is 2.45 bits per heavy atom. The zero-order valence-corrected chi connectivity index (χ0v) is 11.5. The lowest BCUT2D eigenvalue weighted by Crippen LogP contribution is -2.13. The molecule has 0 fully saturated rings. The molecule has 1 amide bonds. The monoisotopic (exact) mass is 304 g/mol. The van der Waals surface area contributed by atoms with Crippen LogP contribution in [-0.2, 0) is 7.05 Å². The van der Waals surface area contributed by atoms with Crippen LogP contribution in [0.25, 0.3) is 10.9 Å². The maximum absolute atomic E-state index is 13.2. The second kappa shape index (κ2) is 5.22. The zero-order valence-electron chi connectivity index (χ0n) is 11.5. The summed E-state index contributed by atoms with van der Waals surface area (Å²) in [5.41, 5.74) is 1.07. The Bertz CT molecular complexity index is 863. The number of halogens is 3. The Kier molecular flexibility index (Phi) is 3.36. The lowest BCUT2D eigenvalue weighted by Gasteiger charge is -2.08. The first-order valence-corrected chi connectivity index (χ1v) is 6.47. The van der Waals surface area contributed by atoms with E-state index in [1.807, 2.05) is 17.7 Å². The molecule has 0 radical (unpaired) electrons. The number of hydrogen-bond acceptors (Lipinski definition) is 1. The molecular weight excluding hydrogens is 293 g/mol. The van der Waals surface area contributed by atoms with Crippen molar-refractivity contribution in [3.05, 3.63) is 65.6 Å². The number of aromatic nitrogens is 1. The van der Waals surface area contributed by atoms with Crippen molar-refractivity contribution in [1.82, 2.24) is 4.57 Å². The van der Waals surface area contributed by atoms with Crippen LogP contribution in [0.1, 0.15) is 10.4 Å². The fraction of sp³-hybridized carbons (Fsp3) is 0.0625. The molecule has 112 valence electrons. The third-order valence-electron chi connectivity index (χ3n) is 3.41.